The van der Waals surface area contributed by atoms with Crippen LogP contribution in [0, 0.1) is 11.3 Å². The molecule has 43 heavy (non-hydrogen) atoms. The van der Waals surface area contributed by atoms with Crippen LogP contribution in [0.2, 0.25) is 0 Å². The van der Waals surface area contributed by atoms with Crippen molar-refractivity contribution in [1.29, 1.82) is 0 Å². The van der Waals surface area contributed by atoms with Crippen LogP contribution in [0.5, 0.6) is 0 Å². The highest BCUT2D eigenvalue weighted by Crippen LogP contribution is 2.30. The van der Waals surface area contributed by atoms with Gasteiger partial charge in [-0.05, 0) is 61.7 Å². The summed E-state index contributed by atoms with van der Waals surface area (Å²) in [7, 11) is 0. The van der Waals surface area contributed by atoms with Gasteiger partial charge in [-0.25, -0.2) is 4.98 Å². The van der Waals surface area contributed by atoms with Gasteiger partial charge in [0.05, 0.1) is 34.8 Å². The van der Waals surface area contributed by atoms with Crippen molar-refractivity contribution in [1.82, 2.24) is 25.8 Å². The molecule has 0 aliphatic carbocycles. The highest BCUT2D eigenvalue weighted by atomic mass is 32.1. The monoisotopic (exact) mass is 613 g/mol. The lowest BCUT2D eigenvalue weighted by atomic mass is 9.85. The molecule has 4 N–H and O–H groups in total. The zero-order valence-electron chi connectivity index (χ0n) is 26.0. The summed E-state index contributed by atoms with van der Waals surface area (Å²) in [6.07, 6.45) is 2.20. The summed E-state index contributed by atoms with van der Waals surface area (Å²) >= 11 is 1.61. The first kappa shape index (κ1) is 33.0. The molecule has 3 heterocycles. The third kappa shape index (κ3) is 8.62. The normalized spacial score (nSPS) is 20.9. The van der Waals surface area contributed by atoms with Crippen molar-refractivity contribution in [2.45, 2.75) is 84.5 Å². The number of aryl methyl sites for hydroxylation is 1. The van der Waals surface area contributed by atoms with Gasteiger partial charge in [0.15, 0.2) is 0 Å². The molecule has 1 aromatic heterocycles. The number of β-amino-alcohol motifs (C(OH)–C–C–N with tert-alkyl or cyclic N) is 1. The molecule has 2 fully saturated rings. The Morgan fingerprint density at radius 2 is 1.86 bits per heavy atom. The number of likely N-dealkylation sites (tertiary alicyclic amines) is 1. The van der Waals surface area contributed by atoms with Crippen molar-refractivity contribution < 1.29 is 24.2 Å². The number of aliphatic hydroxyl groups is 1. The van der Waals surface area contributed by atoms with E-state index in [2.05, 4.69) is 27.9 Å². The number of amides is 3. The van der Waals surface area contributed by atoms with Crippen molar-refractivity contribution in [3.05, 3.63) is 41.0 Å². The Labute approximate surface area is 259 Å². The highest BCUT2D eigenvalue weighted by Gasteiger charge is 2.44. The van der Waals surface area contributed by atoms with Gasteiger partial charge in [-0.15, -0.1) is 11.3 Å². The smallest absolute Gasteiger partial charge is 0.246 e. The van der Waals surface area contributed by atoms with Crippen LogP contribution in [0.15, 0.2) is 29.8 Å². The van der Waals surface area contributed by atoms with E-state index in [1.165, 1.54) is 4.90 Å². The molecule has 0 saturated carbocycles. The van der Waals surface area contributed by atoms with Crippen LogP contribution < -0.4 is 16.0 Å². The van der Waals surface area contributed by atoms with E-state index in [1.807, 2.05) is 57.5 Å². The summed E-state index contributed by atoms with van der Waals surface area (Å²) in [5, 5.41) is 19.7. The first-order valence-electron chi connectivity index (χ1n) is 15.4. The molecule has 2 aliphatic heterocycles. The third-order valence-corrected chi connectivity index (χ3v) is 9.25. The summed E-state index contributed by atoms with van der Waals surface area (Å²) < 4.78 is 5.68. The Morgan fingerprint density at radius 3 is 2.51 bits per heavy atom. The fourth-order valence-electron chi connectivity index (χ4n) is 5.76. The number of nitrogens with one attached hydrogen (secondary N) is 3. The number of aromatic nitrogens is 1. The van der Waals surface area contributed by atoms with Crippen LogP contribution in [0.1, 0.15) is 71.2 Å². The van der Waals surface area contributed by atoms with Gasteiger partial charge in [-0.2, -0.15) is 0 Å². The number of rotatable bonds is 11. The number of piperidine rings is 1. The van der Waals surface area contributed by atoms with Gasteiger partial charge in [-0.1, -0.05) is 52.0 Å². The summed E-state index contributed by atoms with van der Waals surface area (Å²) in [6, 6.07) is 6.02. The molecule has 10 nitrogen and oxygen atoms in total. The van der Waals surface area contributed by atoms with Crippen molar-refractivity contribution in [3.63, 3.8) is 0 Å². The van der Waals surface area contributed by atoms with E-state index >= 15 is 0 Å². The fraction of sp³-hybridized carbons (Fsp3) is 0.625. The molecule has 2 unspecified atom stereocenters. The SMILES string of the molecule is CCc1ncsc1-c1ccc(C(C)NC(=O)[C@@H]2C[C@@H](O)CN2C(=O)C(NC(=O)COCC2CCNCC2)C(C)(C)C)cc1. The Morgan fingerprint density at radius 1 is 1.16 bits per heavy atom. The van der Waals surface area contributed by atoms with Gasteiger partial charge in [0.25, 0.3) is 0 Å². The summed E-state index contributed by atoms with van der Waals surface area (Å²) in [4.78, 5) is 47.1. The topological polar surface area (TPSA) is 133 Å². The summed E-state index contributed by atoms with van der Waals surface area (Å²) in [5.41, 5.74) is 4.32. The molecule has 4 rings (SSSR count). The molecule has 0 radical (unpaired) electrons. The predicted molar refractivity (Wildman–Crippen MR) is 167 cm³/mol. The second-order valence-corrected chi connectivity index (χ2v) is 13.7. The number of benzene rings is 1. The highest BCUT2D eigenvalue weighted by molar-refractivity contribution is 7.13. The fourth-order valence-corrected chi connectivity index (χ4v) is 6.65. The molecule has 0 bridgehead atoms. The van der Waals surface area contributed by atoms with Gasteiger partial charge in [0.1, 0.15) is 18.7 Å². The van der Waals surface area contributed by atoms with Crippen molar-refractivity contribution in [2.75, 3.05) is 32.8 Å². The molecule has 4 atom stereocenters. The van der Waals surface area contributed by atoms with Crippen LogP contribution in [-0.2, 0) is 25.5 Å². The van der Waals surface area contributed by atoms with E-state index in [9.17, 15) is 19.5 Å². The molecule has 11 heteroatoms. The van der Waals surface area contributed by atoms with Crippen molar-refractivity contribution >= 4 is 29.1 Å². The number of carbonyl (C=O) groups excluding carboxylic acids is 3. The van der Waals surface area contributed by atoms with Gasteiger partial charge < -0.3 is 30.7 Å². The minimum atomic E-state index is -0.882. The van der Waals surface area contributed by atoms with Crippen LogP contribution in [0.25, 0.3) is 10.4 Å². The van der Waals surface area contributed by atoms with Crippen LogP contribution in [0.3, 0.4) is 0 Å². The average molecular weight is 614 g/mol. The Kier molecular flexibility index (Phi) is 11.3. The maximum atomic E-state index is 13.8. The van der Waals surface area contributed by atoms with E-state index < -0.39 is 23.6 Å². The lowest BCUT2D eigenvalue weighted by Gasteiger charge is -2.35. The maximum absolute atomic E-state index is 13.8. The molecule has 3 amide bonds. The van der Waals surface area contributed by atoms with Crippen molar-refractivity contribution in [2.24, 2.45) is 11.3 Å². The van der Waals surface area contributed by atoms with Crippen molar-refractivity contribution in [3.8, 4) is 10.4 Å². The Bertz CT molecular complexity index is 1240. The first-order chi connectivity index (χ1) is 20.5. The van der Waals surface area contributed by atoms with Gasteiger partial charge in [-0.3, -0.25) is 14.4 Å². The standard InChI is InChI=1S/C32H47N5O5S/c1-6-25-28(43-19-34-25)23-9-7-22(8-10-23)20(2)35-30(40)26-15-24(38)16-37(26)31(41)29(32(3,4)5)36-27(39)18-42-17-21-11-13-33-14-12-21/h7-10,19-21,24,26,29,33,38H,6,11-18H2,1-5H3,(H,35,40)(H,36,39)/t20?,24-,26+,29?/m1/s1. The van der Waals surface area contributed by atoms with Crippen LogP contribution in [-0.4, -0.2) is 83.7 Å². The largest absolute Gasteiger partial charge is 0.391 e. The molecule has 2 aromatic rings. The second-order valence-electron chi connectivity index (χ2n) is 12.8. The lowest BCUT2D eigenvalue weighted by Crippen LogP contribution is -2.58. The number of thiazole rings is 1. The Hall–Kier alpha value is -2.86. The zero-order valence-corrected chi connectivity index (χ0v) is 26.8. The number of hydrogen-bond acceptors (Lipinski definition) is 8. The van der Waals surface area contributed by atoms with Gasteiger partial charge in [0.2, 0.25) is 17.7 Å². The quantitative estimate of drug-likeness (QED) is 0.306. The molecule has 2 saturated heterocycles. The molecule has 1 aromatic carbocycles. The van der Waals surface area contributed by atoms with E-state index in [0.717, 1.165) is 54.0 Å². The molecule has 0 spiro atoms. The van der Waals surface area contributed by atoms with Gasteiger partial charge >= 0.3 is 0 Å². The minimum absolute atomic E-state index is 0.0310. The minimum Gasteiger partial charge on any atom is -0.391 e. The number of carbonyl (C=O) groups is 3. The summed E-state index contributed by atoms with van der Waals surface area (Å²) in [5.74, 6) is -0.665. The number of hydrogen-bond donors (Lipinski definition) is 4. The van der Waals surface area contributed by atoms with E-state index in [0.29, 0.717) is 12.5 Å². The number of aliphatic hydroxyl groups excluding tert-OH is 1. The second kappa shape index (κ2) is 14.7. The van der Waals surface area contributed by atoms with Gasteiger partial charge in [0, 0.05) is 13.0 Å². The number of ether oxygens (including phenoxy) is 1. The molecular formula is C32H47N5O5S. The van der Waals surface area contributed by atoms with Crippen LogP contribution >= 0.6 is 11.3 Å². The first-order valence-corrected chi connectivity index (χ1v) is 16.2. The Balaban J connectivity index is 1.37. The zero-order chi connectivity index (χ0) is 31.1. The maximum Gasteiger partial charge on any atom is 0.246 e. The van der Waals surface area contributed by atoms with E-state index in [-0.39, 0.29) is 43.3 Å². The molecule has 236 valence electrons. The lowest BCUT2D eigenvalue weighted by molar-refractivity contribution is -0.144. The van der Waals surface area contributed by atoms with Crippen LogP contribution in [0.4, 0.5) is 0 Å². The molecular weight excluding hydrogens is 566 g/mol. The third-order valence-electron chi connectivity index (χ3n) is 8.34. The average Bonchev–Trinajstić information content (AvgIpc) is 3.62. The van der Waals surface area contributed by atoms with E-state index in [4.69, 9.17) is 4.74 Å². The predicted octanol–water partition coefficient (Wildman–Crippen LogP) is 3.06. The molecule has 2 aliphatic rings. The summed E-state index contributed by atoms with van der Waals surface area (Å²) in [6.45, 7) is 11.9. The number of nitrogens with zero attached hydrogens (tertiary/aromatic N) is 2. The van der Waals surface area contributed by atoms with E-state index in [1.54, 1.807) is 11.3 Å².